The Balaban J connectivity index is 1.48. The second-order valence-corrected chi connectivity index (χ2v) is 8.19. The van der Waals surface area contributed by atoms with Gasteiger partial charge in [-0.1, -0.05) is 18.2 Å². The Morgan fingerprint density at radius 3 is 2.82 bits per heavy atom. The number of hydrogen-bond acceptors (Lipinski definition) is 5. The maximum absolute atomic E-state index is 12.0. The van der Waals surface area contributed by atoms with Gasteiger partial charge >= 0.3 is 0 Å². The Hall–Kier alpha value is -1.63. The molecule has 5 rings (SSSR count). The molecule has 1 aromatic rings. The predicted octanol–water partition coefficient (Wildman–Crippen LogP) is 2.33. The summed E-state index contributed by atoms with van der Waals surface area (Å²) in [5.41, 5.74) is 1.35. The smallest absolute Gasteiger partial charge is 0.246 e. The highest BCUT2D eigenvalue weighted by Crippen LogP contribution is 2.38. The molecule has 2 bridgehead atoms. The average Bonchev–Trinajstić information content (AvgIpc) is 3.09. The quantitative estimate of drug-likeness (QED) is 0.861. The van der Waals surface area contributed by atoms with Crippen LogP contribution in [0.2, 0.25) is 0 Å². The molecular weight excluding hydrogens is 356 g/mol. The van der Waals surface area contributed by atoms with Crippen LogP contribution in [0.3, 0.4) is 0 Å². The Labute approximate surface area is 167 Å². The van der Waals surface area contributed by atoms with Crippen molar-refractivity contribution in [3.05, 3.63) is 29.8 Å². The van der Waals surface area contributed by atoms with Gasteiger partial charge in [-0.3, -0.25) is 9.69 Å². The third-order valence-electron chi connectivity index (χ3n) is 6.45. The van der Waals surface area contributed by atoms with Crippen LogP contribution in [-0.2, 0) is 14.3 Å². The van der Waals surface area contributed by atoms with E-state index in [0.717, 1.165) is 50.9 Å². The van der Waals surface area contributed by atoms with E-state index in [4.69, 9.17) is 14.2 Å². The molecule has 2 atom stereocenters. The van der Waals surface area contributed by atoms with Crippen molar-refractivity contribution in [2.45, 2.75) is 56.2 Å². The molecule has 1 N–H and O–H groups in total. The van der Waals surface area contributed by atoms with Gasteiger partial charge in [-0.25, -0.2) is 0 Å². The number of rotatable bonds is 3. The normalized spacial score (nSPS) is 30.9. The summed E-state index contributed by atoms with van der Waals surface area (Å²) in [6, 6.07) is 8.81. The first-order valence-corrected chi connectivity index (χ1v) is 10.6. The maximum atomic E-state index is 12.0. The minimum absolute atomic E-state index is 0.0528. The van der Waals surface area contributed by atoms with Crippen LogP contribution in [-0.4, -0.2) is 69.0 Å². The van der Waals surface area contributed by atoms with Gasteiger partial charge in [0.05, 0.1) is 18.8 Å². The van der Waals surface area contributed by atoms with Gasteiger partial charge in [-0.2, -0.15) is 0 Å². The van der Waals surface area contributed by atoms with Crippen molar-refractivity contribution in [1.29, 1.82) is 0 Å². The van der Waals surface area contributed by atoms with Crippen molar-refractivity contribution < 1.29 is 19.0 Å². The fourth-order valence-electron chi connectivity index (χ4n) is 4.96. The fraction of sp³-hybridized carbons (Fsp3) is 0.682. The van der Waals surface area contributed by atoms with Gasteiger partial charge in [0.25, 0.3) is 0 Å². The second-order valence-electron chi connectivity index (χ2n) is 8.19. The summed E-state index contributed by atoms with van der Waals surface area (Å²) in [6.07, 6.45) is 5.73. The first-order chi connectivity index (χ1) is 13.7. The standard InChI is InChI=1S/C22H32N2O4/c1-26-15-22(25)23-19-10-11-24-12-13-27-21-5-3-2-4-18(21)16-6-8-17(9-7-16)28-14-20(19)24/h2-5,16-17,19-20H,6-15H2,1H3,(H,23,25)/t16?,17?,19-,20-/m0/s1. The van der Waals surface area contributed by atoms with E-state index in [1.807, 2.05) is 0 Å². The highest BCUT2D eigenvalue weighted by atomic mass is 16.5. The van der Waals surface area contributed by atoms with Crippen LogP contribution in [0, 0.1) is 0 Å². The molecule has 0 unspecified atom stereocenters. The number of carbonyl (C=O) groups is 1. The summed E-state index contributed by atoms with van der Waals surface area (Å²) in [5, 5.41) is 3.14. The number of fused-ring (bicyclic) bond motifs is 5. The Morgan fingerprint density at radius 1 is 1.18 bits per heavy atom. The molecule has 3 aliphatic heterocycles. The molecule has 0 spiro atoms. The van der Waals surface area contributed by atoms with E-state index < -0.39 is 0 Å². The summed E-state index contributed by atoms with van der Waals surface area (Å²) in [6.45, 7) is 3.22. The molecule has 6 nitrogen and oxygen atoms in total. The number of nitrogens with one attached hydrogen (secondary N) is 1. The monoisotopic (exact) mass is 388 g/mol. The summed E-state index contributed by atoms with van der Waals surface area (Å²) in [4.78, 5) is 14.4. The van der Waals surface area contributed by atoms with Crippen molar-refractivity contribution in [2.24, 2.45) is 0 Å². The molecule has 154 valence electrons. The largest absolute Gasteiger partial charge is 0.492 e. The fourth-order valence-corrected chi connectivity index (χ4v) is 4.96. The number of carbonyl (C=O) groups excluding carboxylic acids is 1. The summed E-state index contributed by atoms with van der Waals surface area (Å²) >= 11 is 0. The van der Waals surface area contributed by atoms with E-state index in [9.17, 15) is 4.79 Å². The van der Waals surface area contributed by atoms with Crippen molar-refractivity contribution in [2.75, 3.05) is 40.0 Å². The van der Waals surface area contributed by atoms with E-state index in [1.165, 1.54) is 5.56 Å². The molecule has 1 saturated carbocycles. The zero-order valence-corrected chi connectivity index (χ0v) is 16.8. The molecule has 1 aromatic carbocycles. The molecule has 4 aliphatic rings. The minimum Gasteiger partial charge on any atom is -0.492 e. The first-order valence-electron chi connectivity index (χ1n) is 10.6. The van der Waals surface area contributed by atoms with Gasteiger partial charge in [0.1, 0.15) is 19.0 Å². The first kappa shape index (κ1) is 19.7. The highest BCUT2D eigenvalue weighted by molar-refractivity contribution is 5.77. The minimum atomic E-state index is -0.0528. The number of amides is 1. The Kier molecular flexibility index (Phi) is 6.50. The summed E-state index contributed by atoms with van der Waals surface area (Å²) in [7, 11) is 1.55. The highest BCUT2D eigenvalue weighted by Gasteiger charge is 2.36. The van der Waals surface area contributed by atoms with Crippen LogP contribution in [0.15, 0.2) is 24.3 Å². The lowest BCUT2D eigenvalue weighted by Crippen LogP contribution is -2.49. The van der Waals surface area contributed by atoms with Crippen LogP contribution in [0.25, 0.3) is 0 Å². The third-order valence-corrected chi connectivity index (χ3v) is 6.45. The lowest BCUT2D eigenvalue weighted by atomic mass is 9.82. The molecule has 6 heteroatoms. The molecule has 1 saturated heterocycles. The molecule has 3 heterocycles. The van der Waals surface area contributed by atoms with Crippen molar-refractivity contribution in [3.63, 3.8) is 0 Å². The average molecular weight is 389 g/mol. The van der Waals surface area contributed by atoms with E-state index in [0.29, 0.717) is 25.2 Å². The SMILES string of the molecule is COCC(=O)N[C@H]1CCN2CCOc3ccccc3C3CCC(CC3)OC[C@@H]12. The number of benzene rings is 1. The van der Waals surface area contributed by atoms with Gasteiger partial charge in [0.15, 0.2) is 0 Å². The lowest BCUT2D eigenvalue weighted by molar-refractivity contribution is -0.125. The predicted molar refractivity (Wildman–Crippen MR) is 107 cm³/mol. The third kappa shape index (κ3) is 4.50. The summed E-state index contributed by atoms with van der Waals surface area (Å²) < 4.78 is 17.5. The number of nitrogens with zero attached hydrogens (tertiary/aromatic N) is 1. The van der Waals surface area contributed by atoms with E-state index in [-0.39, 0.29) is 24.6 Å². The van der Waals surface area contributed by atoms with E-state index >= 15 is 0 Å². The van der Waals surface area contributed by atoms with E-state index in [2.05, 4.69) is 34.5 Å². The number of hydrogen-bond donors (Lipinski definition) is 1. The zero-order chi connectivity index (χ0) is 19.3. The molecular formula is C22H32N2O4. The van der Waals surface area contributed by atoms with Crippen molar-refractivity contribution in [1.82, 2.24) is 10.2 Å². The lowest BCUT2D eigenvalue weighted by Gasteiger charge is -2.32. The molecule has 1 aliphatic carbocycles. The van der Waals surface area contributed by atoms with Crippen molar-refractivity contribution >= 4 is 5.91 Å². The molecule has 0 radical (unpaired) electrons. The van der Waals surface area contributed by atoms with Gasteiger partial charge in [-0.05, 0) is 49.7 Å². The van der Waals surface area contributed by atoms with Gasteiger partial charge < -0.3 is 19.5 Å². The summed E-state index contributed by atoms with van der Waals surface area (Å²) in [5.74, 6) is 1.55. The van der Waals surface area contributed by atoms with Crippen LogP contribution in [0.5, 0.6) is 5.75 Å². The molecule has 2 fully saturated rings. The van der Waals surface area contributed by atoms with Crippen molar-refractivity contribution in [3.8, 4) is 5.75 Å². The molecule has 1 amide bonds. The second kappa shape index (κ2) is 9.25. The van der Waals surface area contributed by atoms with Gasteiger partial charge in [0.2, 0.25) is 5.91 Å². The van der Waals surface area contributed by atoms with Gasteiger partial charge in [-0.15, -0.1) is 0 Å². The van der Waals surface area contributed by atoms with Crippen LogP contribution < -0.4 is 10.1 Å². The van der Waals surface area contributed by atoms with Gasteiger partial charge in [0, 0.05) is 26.2 Å². The van der Waals surface area contributed by atoms with Crippen LogP contribution in [0.4, 0.5) is 0 Å². The number of ether oxygens (including phenoxy) is 3. The van der Waals surface area contributed by atoms with Crippen LogP contribution >= 0.6 is 0 Å². The maximum Gasteiger partial charge on any atom is 0.246 e. The topological polar surface area (TPSA) is 60.0 Å². The van der Waals surface area contributed by atoms with E-state index in [1.54, 1.807) is 7.11 Å². The molecule has 0 aromatic heterocycles. The number of para-hydroxylation sites is 1. The Morgan fingerprint density at radius 2 is 2.00 bits per heavy atom. The number of methoxy groups -OCH3 is 1. The Bertz CT molecular complexity index is 660. The zero-order valence-electron chi connectivity index (χ0n) is 16.8. The molecule has 28 heavy (non-hydrogen) atoms. The van der Waals surface area contributed by atoms with Crippen LogP contribution in [0.1, 0.15) is 43.6 Å².